The summed E-state index contributed by atoms with van der Waals surface area (Å²) in [7, 11) is 1.51. The number of hydrogen-bond acceptors (Lipinski definition) is 3. The quantitative estimate of drug-likeness (QED) is 0.679. The van der Waals surface area contributed by atoms with E-state index in [2.05, 4.69) is 5.32 Å². The Bertz CT molecular complexity index is 1060. The number of anilines is 1. The number of ether oxygens (including phenoxy) is 1. The normalized spacial score (nSPS) is 10.6. The largest absolute Gasteiger partial charge is 0.483 e. The molecule has 1 amide bonds. The van der Waals surface area contributed by atoms with Crippen molar-refractivity contribution in [2.24, 2.45) is 7.05 Å². The number of nitrogens with one attached hydrogen (secondary N) is 1. The molecule has 0 bridgehead atoms. The van der Waals surface area contributed by atoms with Crippen LogP contribution < -0.4 is 15.5 Å². The summed E-state index contributed by atoms with van der Waals surface area (Å²) in [6.45, 7) is 0.176. The highest BCUT2D eigenvalue weighted by Gasteiger charge is 2.16. The van der Waals surface area contributed by atoms with Crippen molar-refractivity contribution in [3.8, 4) is 5.75 Å². The van der Waals surface area contributed by atoms with Crippen molar-refractivity contribution in [1.82, 2.24) is 4.57 Å². The van der Waals surface area contributed by atoms with E-state index in [1.807, 2.05) is 30.3 Å². The number of aryl methyl sites for hydroxylation is 1. The van der Waals surface area contributed by atoms with Crippen LogP contribution >= 0.6 is 0 Å². The van der Waals surface area contributed by atoms with E-state index in [0.717, 1.165) is 11.6 Å². The van der Waals surface area contributed by atoms with E-state index in [0.29, 0.717) is 12.1 Å². The predicted octanol–water partition coefficient (Wildman–Crippen LogP) is 3.63. The van der Waals surface area contributed by atoms with Crippen molar-refractivity contribution in [3.63, 3.8) is 0 Å². The molecule has 0 saturated carbocycles. The Morgan fingerprint density at radius 2 is 1.71 bits per heavy atom. The van der Waals surface area contributed by atoms with Crippen LogP contribution in [0.3, 0.4) is 0 Å². The summed E-state index contributed by atoms with van der Waals surface area (Å²) in [5.41, 5.74) is -0.0113. The average molecular weight is 388 g/mol. The molecule has 0 aliphatic heterocycles. The van der Waals surface area contributed by atoms with Crippen molar-refractivity contribution in [3.05, 3.63) is 93.7 Å². The van der Waals surface area contributed by atoms with E-state index in [1.54, 1.807) is 0 Å². The van der Waals surface area contributed by atoms with Gasteiger partial charge in [-0.25, -0.2) is 13.2 Å². The number of hydrogen-bond donors (Lipinski definition) is 1. The van der Waals surface area contributed by atoms with Gasteiger partial charge in [-0.1, -0.05) is 30.3 Å². The van der Waals surface area contributed by atoms with Gasteiger partial charge in [0.2, 0.25) is 5.43 Å². The van der Waals surface area contributed by atoms with Crippen molar-refractivity contribution in [2.75, 3.05) is 5.32 Å². The zero-order valence-electron chi connectivity index (χ0n) is 14.7. The second kappa shape index (κ2) is 7.99. The van der Waals surface area contributed by atoms with Crippen LogP contribution in [0, 0.1) is 17.5 Å². The van der Waals surface area contributed by atoms with Gasteiger partial charge in [-0.2, -0.15) is 0 Å². The lowest BCUT2D eigenvalue weighted by molar-refractivity contribution is 0.101. The lowest BCUT2D eigenvalue weighted by Crippen LogP contribution is -2.22. The fourth-order valence-corrected chi connectivity index (χ4v) is 2.50. The van der Waals surface area contributed by atoms with Crippen LogP contribution in [-0.4, -0.2) is 10.5 Å². The summed E-state index contributed by atoms with van der Waals surface area (Å²) < 4.78 is 46.4. The highest BCUT2D eigenvalue weighted by atomic mass is 19.2. The molecule has 2 aromatic carbocycles. The maximum atomic E-state index is 13.3. The number of nitrogens with zero attached hydrogens (tertiary/aromatic N) is 1. The zero-order valence-corrected chi connectivity index (χ0v) is 14.7. The fraction of sp³-hybridized carbons (Fsp3) is 0.100. The number of amides is 1. The average Bonchev–Trinajstić information content (AvgIpc) is 2.67. The van der Waals surface area contributed by atoms with Gasteiger partial charge in [-0.05, 0) is 5.56 Å². The molecule has 8 heteroatoms. The Balaban J connectivity index is 1.78. The van der Waals surface area contributed by atoms with E-state index >= 15 is 0 Å². The third-order valence-corrected chi connectivity index (χ3v) is 3.91. The number of halogens is 3. The molecule has 144 valence electrons. The van der Waals surface area contributed by atoms with Gasteiger partial charge in [0, 0.05) is 30.9 Å². The zero-order chi connectivity index (χ0) is 20.3. The highest BCUT2D eigenvalue weighted by Crippen LogP contribution is 2.18. The SMILES string of the molecule is Cn1cc(OCc2ccccc2)c(=O)cc1C(=O)Nc1cc(F)c(F)c(F)c1. The first-order valence-corrected chi connectivity index (χ1v) is 8.18. The lowest BCUT2D eigenvalue weighted by Gasteiger charge is -2.12. The van der Waals surface area contributed by atoms with Gasteiger partial charge >= 0.3 is 0 Å². The van der Waals surface area contributed by atoms with Gasteiger partial charge in [0.1, 0.15) is 12.3 Å². The van der Waals surface area contributed by atoms with Gasteiger partial charge < -0.3 is 14.6 Å². The molecule has 3 rings (SSSR count). The number of benzene rings is 2. The number of carbonyl (C=O) groups excluding carboxylic acids is 1. The van der Waals surface area contributed by atoms with Crippen LogP contribution in [0.15, 0.2) is 59.5 Å². The van der Waals surface area contributed by atoms with Crippen molar-refractivity contribution < 1.29 is 22.7 Å². The van der Waals surface area contributed by atoms with Gasteiger partial charge in [0.25, 0.3) is 5.91 Å². The first-order chi connectivity index (χ1) is 13.3. The molecular weight excluding hydrogens is 373 g/mol. The third kappa shape index (κ3) is 4.22. The molecule has 0 aliphatic rings. The van der Waals surface area contributed by atoms with E-state index in [-0.39, 0.29) is 23.7 Å². The maximum Gasteiger partial charge on any atom is 0.272 e. The number of pyridine rings is 1. The summed E-state index contributed by atoms with van der Waals surface area (Å²) in [5.74, 6) is -5.26. The topological polar surface area (TPSA) is 60.3 Å². The Morgan fingerprint density at radius 3 is 2.36 bits per heavy atom. The Kier molecular flexibility index (Phi) is 5.49. The minimum Gasteiger partial charge on any atom is -0.483 e. The van der Waals surface area contributed by atoms with Gasteiger partial charge in [-0.15, -0.1) is 0 Å². The standard InChI is InChI=1S/C20H15F3N2O3/c1-25-10-18(28-11-12-5-3-2-4-6-12)17(26)9-16(25)20(27)24-13-7-14(21)19(23)15(22)8-13/h2-10H,11H2,1H3,(H,24,27). The Hall–Kier alpha value is -3.55. The van der Waals surface area contributed by atoms with E-state index in [9.17, 15) is 22.8 Å². The predicted molar refractivity (Wildman–Crippen MR) is 96.7 cm³/mol. The fourth-order valence-electron chi connectivity index (χ4n) is 2.50. The van der Waals surface area contributed by atoms with Crippen molar-refractivity contribution >= 4 is 11.6 Å². The summed E-state index contributed by atoms with van der Waals surface area (Å²) in [6.07, 6.45) is 1.34. The molecule has 0 fully saturated rings. The molecule has 1 aromatic heterocycles. The Morgan fingerprint density at radius 1 is 1.07 bits per heavy atom. The molecule has 0 aliphatic carbocycles. The lowest BCUT2D eigenvalue weighted by atomic mass is 10.2. The summed E-state index contributed by atoms with van der Waals surface area (Å²) in [4.78, 5) is 24.6. The van der Waals surface area contributed by atoms with Gasteiger partial charge in [0.05, 0.1) is 6.20 Å². The molecule has 3 aromatic rings. The molecule has 28 heavy (non-hydrogen) atoms. The van der Waals surface area contributed by atoms with Crippen LogP contribution in [0.4, 0.5) is 18.9 Å². The van der Waals surface area contributed by atoms with Crippen LogP contribution in [0.1, 0.15) is 16.1 Å². The third-order valence-electron chi connectivity index (χ3n) is 3.91. The van der Waals surface area contributed by atoms with Gasteiger partial charge in [0.15, 0.2) is 23.2 Å². The molecule has 0 unspecified atom stereocenters. The van der Waals surface area contributed by atoms with Crippen LogP contribution in [-0.2, 0) is 13.7 Å². The Labute approximate surface area is 158 Å². The maximum absolute atomic E-state index is 13.3. The second-order valence-corrected chi connectivity index (χ2v) is 5.98. The van der Waals surface area contributed by atoms with E-state index < -0.39 is 28.8 Å². The summed E-state index contributed by atoms with van der Waals surface area (Å²) in [6, 6.07) is 11.6. The van der Waals surface area contributed by atoms with Gasteiger partial charge in [-0.3, -0.25) is 9.59 Å². The molecule has 0 saturated heterocycles. The minimum absolute atomic E-state index is 0.0433. The van der Waals surface area contributed by atoms with Crippen LogP contribution in [0.5, 0.6) is 5.75 Å². The first kappa shape index (κ1) is 19.2. The summed E-state index contributed by atoms with van der Waals surface area (Å²) >= 11 is 0. The molecule has 1 heterocycles. The highest BCUT2D eigenvalue weighted by molar-refractivity contribution is 6.03. The molecule has 0 radical (unpaired) electrons. The smallest absolute Gasteiger partial charge is 0.272 e. The molecule has 0 spiro atoms. The number of rotatable bonds is 5. The van der Waals surface area contributed by atoms with E-state index in [1.165, 1.54) is 17.8 Å². The number of aromatic nitrogens is 1. The monoisotopic (exact) mass is 388 g/mol. The van der Waals surface area contributed by atoms with E-state index in [4.69, 9.17) is 4.74 Å². The van der Waals surface area contributed by atoms with Crippen LogP contribution in [0.25, 0.3) is 0 Å². The first-order valence-electron chi connectivity index (χ1n) is 8.18. The molecule has 1 N–H and O–H groups in total. The molecule has 5 nitrogen and oxygen atoms in total. The molecular formula is C20H15F3N2O3. The van der Waals surface area contributed by atoms with Crippen molar-refractivity contribution in [2.45, 2.75) is 6.61 Å². The number of carbonyl (C=O) groups is 1. The van der Waals surface area contributed by atoms with Crippen molar-refractivity contribution in [1.29, 1.82) is 0 Å². The van der Waals surface area contributed by atoms with Crippen LogP contribution in [0.2, 0.25) is 0 Å². The second-order valence-electron chi connectivity index (χ2n) is 5.98. The molecule has 0 atom stereocenters. The summed E-state index contributed by atoms with van der Waals surface area (Å²) in [5, 5.41) is 2.23. The minimum atomic E-state index is -1.63.